The number of dihydropyridines is 1. The molecule has 0 amide bonds. The number of Topliss-reactive ketones (excluding diaryl/α,β-unsaturated/α-hetero) is 1. The maximum absolute atomic E-state index is 13.5. The molecule has 35 heavy (non-hydrogen) atoms. The molecular weight excluding hydrogens is 474 g/mol. The first-order valence-corrected chi connectivity index (χ1v) is 11.3. The maximum atomic E-state index is 13.5. The van der Waals surface area contributed by atoms with Crippen LogP contribution >= 0.6 is 11.6 Å². The van der Waals surface area contributed by atoms with Gasteiger partial charge in [-0.05, 0) is 31.5 Å². The molecule has 0 radical (unpaired) electrons. The van der Waals surface area contributed by atoms with Gasteiger partial charge < -0.3 is 24.3 Å². The van der Waals surface area contributed by atoms with Crippen molar-refractivity contribution in [3.8, 4) is 11.5 Å². The molecule has 1 N–H and O–H groups in total. The molecule has 0 bridgehead atoms. The highest BCUT2D eigenvalue weighted by molar-refractivity contribution is 6.32. The Labute approximate surface area is 207 Å². The Hall–Kier alpha value is -3.78. The average Bonchev–Trinajstić information content (AvgIpc) is 3.13. The van der Waals surface area contributed by atoms with Crippen molar-refractivity contribution in [3.05, 3.63) is 75.0 Å². The summed E-state index contributed by atoms with van der Waals surface area (Å²) in [5.41, 5.74) is 3.72. The van der Waals surface area contributed by atoms with Gasteiger partial charge in [-0.25, -0.2) is 9.59 Å². The minimum absolute atomic E-state index is 0.147. The second kappa shape index (κ2) is 9.84. The van der Waals surface area contributed by atoms with Gasteiger partial charge in [-0.3, -0.25) is 4.79 Å². The fourth-order valence-electron chi connectivity index (χ4n) is 4.42. The number of fused-ring (bicyclic) bond motifs is 2. The average molecular weight is 498 g/mol. The van der Waals surface area contributed by atoms with E-state index in [-0.39, 0.29) is 41.1 Å². The first kappa shape index (κ1) is 24.3. The summed E-state index contributed by atoms with van der Waals surface area (Å²) >= 11 is 6.55. The van der Waals surface area contributed by atoms with Crippen LogP contribution in [0.25, 0.3) is 5.70 Å². The Morgan fingerprint density at radius 1 is 1.11 bits per heavy atom. The molecule has 9 heteroatoms. The Balaban J connectivity index is 1.84. The number of benzene rings is 2. The van der Waals surface area contributed by atoms with Crippen LogP contribution in [0.15, 0.2) is 53.2 Å². The summed E-state index contributed by atoms with van der Waals surface area (Å²) in [4.78, 5) is 38.1. The highest BCUT2D eigenvalue weighted by Gasteiger charge is 2.43. The van der Waals surface area contributed by atoms with Crippen LogP contribution in [0.2, 0.25) is 5.02 Å². The second-order valence-corrected chi connectivity index (χ2v) is 8.29. The molecule has 1 heterocycles. The first-order valence-electron chi connectivity index (χ1n) is 10.9. The molecule has 1 aliphatic carbocycles. The van der Waals surface area contributed by atoms with Crippen LogP contribution in [0, 0.1) is 0 Å². The van der Waals surface area contributed by atoms with Crippen molar-refractivity contribution in [2.24, 2.45) is 0 Å². The van der Waals surface area contributed by atoms with E-state index in [2.05, 4.69) is 5.32 Å². The van der Waals surface area contributed by atoms with Gasteiger partial charge in [0.1, 0.15) is 0 Å². The Morgan fingerprint density at radius 3 is 2.49 bits per heavy atom. The van der Waals surface area contributed by atoms with Crippen molar-refractivity contribution in [3.63, 3.8) is 0 Å². The van der Waals surface area contributed by atoms with Gasteiger partial charge >= 0.3 is 11.9 Å². The van der Waals surface area contributed by atoms with Crippen LogP contribution in [0.1, 0.15) is 41.3 Å². The predicted molar refractivity (Wildman–Crippen MR) is 128 cm³/mol. The molecule has 4 rings (SSSR count). The SMILES string of the molecule is CCOC(=O)COc1c(Cl)cc([C@H]2C(C(=O)OC)=C(C)NC3=C2C(=O)c2ccccc23)cc1OC. The van der Waals surface area contributed by atoms with Crippen molar-refractivity contribution in [2.45, 2.75) is 19.8 Å². The fourth-order valence-corrected chi connectivity index (χ4v) is 4.70. The zero-order valence-corrected chi connectivity index (χ0v) is 20.4. The van der Waals surface area contributed by atoms with Crippen LogP contribution < -0.4 is 14.8 Å². The zero-order chi connectivity index (χ0) is 25.3. The molecule has 0 spiro atoms. The number of allylic oxidation sites excluding steroid dienone is 2. The topological polar surface area (TPSA) is 100 Å². The summed E-state index contributed by atoms with van der Waals surface area (Å²) in [7, 11) is 2.72. The van der Waals surface area contributed by atoms with Crippen molar-refractivity contribution >= 4 is 35.0 Å². The van der Waals surface area contributed by atoms with Gasteiger partial charge in [0, 0.05) is 28.3 Å². The Kier molecular flexibility index (Phi) is 6.84. The van der Waals surface area contributed by atoms with E-state index in [4.69, 9.17) is 30.5 Å². The molecule has 0 saturated heterocycles. The fraction of sp³-hybridized carbons (Fsp3) is 0.269. The number of carbonyl (C=O) groups excluding carboxylic acids is 3. The molecule has 0 aromatic heterocycles. The molecule has 1 atom stereocenters. The van der Waals surface area contributed by atoms with Gasteiger partial charge in [-0.1, -0.05) is 35.9 Å². The summed E-state index contributed by atoms with van der Waals surface area (Å²) in [5.74, 6) is -1.71. The first-order chi connectivity index (χ1) is 16.8. The molecule has 0 saturated carbocycles. The number of esters is 2. The number of nitrogens with one attached hydrogen (secondary N) is 1. The van der Waals surface area contributed by atoms with Crippen molar-refractivity contribution < 1.29 is 33.3 Å². The number of hydrogen-bond acceptors (Lipinski definition) is 8. The third kappa shape index (κ3) is 4.25. The number of methoxy groups -OCH3 is 2. The molecule has 2 aromatic carbocycles. The lowest BCUT2D eigenvalue weighted by molar-refractivity contribution is -0.145. The molecule has 0 unspecified atom stereocenters. The van der Waals surface area contributed by atoms with E-state index < -0.39 is 17.9 Å². The summed E-state index contributed by atoms with van der Waals surface area (Å²) in [5, 5.41) is 3.37. The summed E-state index contributed by atoms with van der Waals surface area (Å²) in [6.45, 7) is 3.31. The molecule has 2 aromatic rings. The molecule has 1 aliphatic heterocycles. The van der Waals surface area contributed by atoms with Crippen LogP contribution in [0.4, 0.5) is 0 Å². The number of halogens is 1. The van der Waals surface area contributed by atoms with E-state index in [0.29, 0.717) is 28.1 Å². The summed E-state index contributed by atoms with van der Waals surface area (Å²) in [6, 6.07) is 10.5. The zero-order valence-electron chi connectivity index (χ0n) is 19.7. The van der Waals surface area contributed by atoms with Crippen molar-refractivity contribution in [2.75, 3.05) is 27.4 Å². The van der Waals surface area contributed by atoms with Crippen LogP contribution in [0.3, 0.4) is 0 Å². The van der Waals surface area contributed by atoms with E-state index in [0.717, 1.165) is 5.56 Å². The smallest absolute Gasteiger partial charge is 0.344 e. The predicted octanol–water partition coefficient (Wildman–Crippen LogP) is 4.03. The van der Waals surface area contributed by atoms with Crippen molar-refractivity contribution in [1.29, 1.82) is 0 Å². The summed E-state index contributed by atoms with van der Waals surface area (Å²) in [6.07, 6.45) is 0. The van der Waals surface area contributed by atoms with Gasteiger partial charge in [-0.2, -0.15) is 0 Å². The van der Waals surface area contributed by atoms with Crippen molar-refractivity contribution in [1.82, 2.24) is 5.32 Å². The highest BCUT2D eigenvalue weighted by atomic mass is 35.5. The number of rotatable bonds is 7. The maximum Gasteiger partial charge on any atom is 0.344 e. The van der Waals surface area contributed by atoms with E-state index in [1.54, 1.807) is 38.1 Å². The van der Waals surface area contributed by atoms with E-state index in [9.17, 15) is 14.4 Å². The number of hydrogen-bond donors (Lipinski definition) is 1. The second-order valence-electron chi connectivity index (χ2n) is 7.88. The van der Waals surface area contributed by atoms with Gasteiger partial charge in [0.15, 0.2) is 23.9 Å². The Morgan fingerprint density at radius 2 is 1.83 bits per heavy atom. The lowest BCUT2D eigenvalue weighted by Gasteiger charge is -2.29. The monoisotopic (exact) mass is 497 g/mol. The lowest BCUT2D eigenvalue weighted by atomic mass is 9.79. The molecule has 2 aliphatic rings. The van der Waals surface area contributed by atoms with E-state index >= 15 is 0 Å². The van der Waals surface area contributed by atoms with Gasteiger partial charge in [-0.15, -0.1) is 0 Å². The molecule has 8 nitrogen and oxygen atoms in total. The van der Waals surface area contributed by atoms with Crippen LogP contribution in [-0.2, 0) is 19.1 Å². The third-order valence-corrected chi connectivity index (χ3v) is 6.16. The molecule has 0 fully saturated rings. The highest BCUT2D eigenvalue weighted by Crippen LogP contribution is 2.49. The van der Waals surface area contributed by atoms with Crippen LogP contribution in [-0.4, -0.2) is 45.2 Å². The van der Waals surface area contributed by atoms with E-state index in [1.807, 2.05) is 12.1 Å². The standard InChI is InChI=1S/C26H24ClNO7/c1-5-34-19(29)12-35-25-17(27)10-14(11-18(25)32-3)21-20(26(31)33-4)13(2)28-23-15-8-6-7-9-16(15)24(30)22(21)23/h6-11,21,28H,5,12H2,1-4H3/t21-/m0/s1. The normalized spacial score (nSPS) is 16.4. The lowest BCUT2D eigenvalue weighted by Crippen LogP contribution is -2.29. The van der Waals surface area contributed by atoms with E-state index in [1.165, 1.54) is 14.2 Å². The largest absolute Gasteiger partial charge is 0.493 e. The third-order valence-electron chi connectivity index (χ3n) is 5.88. The summed E-state index contributed by atoms with van der Waals surface area (Å²) < 4.78 is 21.0. The van der Waals surface area contributed by atoms with Gasteiger partial charge in [0.25, 0.3) is 0 Å². The molecular formula is C26H24ClNO7. The molecule has 182 valence electrons. The number of ketones is 1. The van der Waals surface area contributed by atoms with Gasteiger partial charge in [0.05, 0.1) is 37.1 Å². The minimum atomic E-state index is -0.774. The Bertz CT molecular complexity index is 1290. The number of ether oxygens (including phenoxy) is 4. The van der Waals surface area contributed by atoms with Gasteiger partial charge in [0.2, 0.25) is 0 Å². The quantitative estimate of drug-likeness (QED) is 0.572. The number of carbonyl (C=O) groups is 3. The minimum Gasteiger partial charge on any atom is -0.493 e. The van der Waals surface area contributed by atoms with Crippen LogP contribution in [0.5, 0.6) is 11.5 Å².